The molecule has 1 aromatic carbocycles. The maximum absolute atomic E-state index is 9.02. The van der Waals surface area contributed by atoms with Crippen molar-refractivity contribution >= 4 is 11.0 Å². The highest BCUT2D eigenvalue weighted by atomic mass is 15.1. The Morgan fingerprint density at radius 2 is 2.10 bits per heavy atom. The monoisotopic (exact) mass is 279 g/mol. The number of aromatic nitrogens is 4. The smallest absolute Gasteiger partial charge is 0.124 e. The Labute approximate surface area is 123 Å². The van der Waals surface area contributed by atoms with Gasteiger partial charge in [-0.25, -0.2) is 9.97 Å². The van der Waals surface area contributed by atoms with Gasteiger partial charge in [0.2, 0.25) is 0 Å². The first kappa shape index (κ1) is 13.4. The normalized spacial score (nSPS) is 11.1. The lowest BCUT2D eigenvalue weighted by Crippen LogP contribution is -2.11. The van der Waals surface area contributed by atoms with Gasteiger partial charge in [0.15, 0.2) is 0 Å². The standard InChI is InChI=1S/C16H17N5/c1-12(2)21-11-18-9-13(21)10-20-15-6-4-3-5-14(15)19-16(20)7-8-17/h3-6,9,11-12H,7,10H2,1-2H3. The molecule has 0 aliphatic heterocycles. The quantitative estimate of drug-likeness (QED) is 0.737. The SMILES string of the molecule is CC(C)n1cncc1Cn1c(CC#N)nc2ccccc21. The summed E-state index contributed by atoms with van der Waals surface area (Å²) in [6.45, 7) is 4.94. The number of rotatable bonds is 4. The molecule has 0 spiro atoms. The molecule has 3 rings (SSSR count). The number of nitrogens with zero attached hydrogens (tertiary/aromatic N) is 5. The van der Waals surface area contributed by atoms with Crippen LogP contribution in [-0.4, -0.2) is 19.1 Å². The van der Waals surface area contributed by atoms with E-state index in [1.165, 1.54) is 0 Å². The molecule has 5 heteroatoms. The van der Waals surface area contributed by atoms with Crippen molar-refractivity contribution in [3.8, 4) is 6.07 Å². The minimum absolute atomic E-state index is 0.310. The third-order valence-corrected chi connectivity index (χ3v) is 3.59. The number of benzene rings is 1. The molecule has 0 amide bonds. The van der Waals surface area contributed by atoms with E-state index < -0.39 is 0 Å². The van der Waals surface area contributed by atoms with Gasteiger partial charge in [-0.1, -0.05) is 12.1 Å². The molecule has 5 nitrogen and oxygen atoms in total. The van der Waals surface area contributed by atoms with Crippen molar-refractivity contribution in [2.24, 2.45) is 0 Å². The molecule has 2 heterocycles. The van der Waals surface area contributed by atoms with Crippen molar-refractivity contribution < 1.29 is 0 Å². The Morgan fingerprint density at radius 3 is 2.86 bits per heavy atom. The molecule has 0 saturated heterocycles. The minimum Gasteiger partial charge on any atom is -0.330 e. The van der Waals surface area contributed by atoms with Gasteiger partial charge in [0.05, 0.1) is 42.1 Å². The molecule has 0 N–H and O–H groups in total. The molecule has 2 aromatic heterocycles. The van der Waals surface area contributed by atoms with Crippen molar-refractivity contribution in [2.75, 3.05) is 0 Å². The van der Waals surface area contributed by atoms with E-state index in [0.29, 0.717) is 19.0 Å². The van der Waals surface area contributed by atoms with Crippen molar-refractivity contribution in [3.05, 3.63) is 48.3 Å². The summed E-state index contributed by atoms with van der Waals surface area (Å²) in [5, 5.41) is 9.02. The highest BCUT2D eigenvalue weighted by Gasteiger charge is 2.13. The van der Waals surface area contributed by atoms with Crippen LogP contribution in [0.5, 0.6) is 0 Å². The summed E-state index contributed by atoms with van der Waals surface area (Å²) < 4.78 is 4.25. The van der Waals surface area contributed by atoms with Crippen LogP contribution in [-0.2, 0) is 13.0 Å². The van der Waals surface area contributed by atoms with Gasteiger partial charge < -0.3 is 9.13 Å². The molecule has 0 bridgehead atoms. The van der Waals surface area contributed by atoms with Crippen molar-refractivity contribution in [3.63, 3.8) is 0 Å². The van der Waals surface area contributed by atoms with Gasteiger partial charge in [-0.2, -0.15) is 5.26 Å². The van der Waals surface area contributed by atoms with Gasteiger partial charge >= 0.3 is 0 Å². The van der Waals surface area contributed by atoms with E-state index in [-0.39, 0.29) is 0 Å². The molecule has 0 atom stereocenters. The summed E-state index contributed by atoms with van der Waals surface area (Å²) in [4.78, 5) is 8.81. The van der Waals surface area contributed by atoms with Crippen LogP contribution >= 0.6 is 0 Å². The number of imidazole rings is 2. The van der Waals surface area contributed by atoms with Crippen LogP contribution in [0, 0.1) is 11.3 Å². The molecule has 0 saturated carbocycles. The summed E-state index contributed by atoms with van der Waals surface area (Å²) >= 11 is 0. The predicted molar refractivity (Wildman–Crippen MR) is 80.8 cm³/mol. The van der Waals surface area contributed by atoms with Crippen LogP contribution in [0.3, 0.4) is 0 Å². The third-order valence-electron chi connectivity index (χ3n) is 3.59. The number of hydrogen-bond donors (Lipinski definition) is 0. The fourth-order valence-electron chi connectivity index (χ4n) is 2.59. The molecule has 0 aliphatic rings. The lowest BCUT2D eigenvalue weighted by Gasteiger charge is -2.13. The van der Waals surface area contributed by atoms with Gasteiger partial charge in [0.1, 0.15) is 5.82 Å². The molecule has 21 heavy (non-hydrogen) atoms. The Morgan fingerprint density at radius 1 is 1.29 bits per heavy atom. The minimum atomic E-state index is 0.310. The largest absolute Gasteiger partial charge is 0.330 e. The zero-order valence-corrected chi connectivity index (χ0v) is 12.2. The lowest BCUT2D eigenvalue weighted by atomic mass is 10.3. The Bertz CT molecular complexity index is 804. The highest BCUT2D eigenvalue weighted by molar-refractivity contribution is 5.76. The maximum atomic E-state index is 9.02. The molecular weight excluding hydrogens is 262 g/mol. The van der Waals surface area contributed by atoms with Crippen molar-refractivity contribution in [2.45, 2.75) is 32.9 Å². The second kappa shape index (κ2) is 5.41. The maximum Gasteiger partial charge on any atom is 0.124 e. The van der Waals surface area contributed by atoms with Gasteiger partial charge in [-0.15, -0.1) is 0 Å². The number of fused-ring (bicyclic) bond motifs is 1. The second-order valence-electron chi connectivity index (χ2n) is 5.32. The van der Waals surface area contributed by atoms with Crippen LogP contribution in [0.4, 0.5) is 0 Å². The Hall–Kier alpha value is -2.61. The van der Waals surface area contributed by atoms with E-state index in [4.69, 9.17) is 5.26 Å². The van der Waals surface area contributed by atoms with Gasteiger partial charge in [-0.05, 0) is 26.0 Å². The topological polar surface area (TPSA) is 59.4 Å². The number of hydrogen-bond acceptors (Lipinski definition) is 3. The number of nitriles is 1. The van der Waals surface area contributed by atoms with Gasteiger partial charge in [-0.3, -0.25) is 0 Å². The summed E-state index contributed by atoms with van der Waals surface area (Å²) in [6, 6.07) is 10.5. The third kappa shape index (κ3) is 2.40. The average molecular weight is 279 g/mol. The van der Waals surface area contributed by atoms with Crippen molar-refractivity contribution in [1.29, 1.82) is 5.26 Å². The first-order valence-corrected chi connectivity index (χ1v) is 7.02. The lowest BCUT2D eigenvalue weighted by molar-refractivity contribution is 0.560. The Balaban J connectivity index is 2.08. The van der Waals surface area contributed by atoms with E-state index in [1.54, 1.807) is 0 Å². The van der Waals surface area contributed by atoms with Crippen LogP contribution in [0.25, 0.3) is 11.0 Å². The second-order valence-corrected chi connectivity index (χ2v) is 5.32. The van der Waals surface area contributed by atoms with Crippen LogP contribution in [0.2, 0.25) is 0 Å². The highest BCUT2D eigenvalue weighted by Crippen LogP contribution is 2.19. The van der Waals surface area contributed by atoms with E-state index >= 15 is 0 Å². The van der Waals surface area contributed by atoms with E-state index in [0.717, 1.165) is 22.6 Å². The van der Waals surface area contributed by atoms with Crippen LogP contribution in [0.15, 0.2) is 36.8 Å². The first-order valence-electron chi connectivity index (χ1n) is 7.02. The molecule has 0 unspecified atom stereocenters. The van der Waals surface area contributed by atoms with Crippen molar-refractivity contribution in [1.82, 2.24) is 19.1 Å². The molecular formula is C16H17N5. The van der Waals surface area contributed by atoms with E-state index in [1.807, 2.05) is 36.8 Å². The predicted octanol–water partition coefficient (Wildman–Crippen LogP) is 2.93. The van der Waals surface area contributed by atoms with Gasteiger partial charge in [0, 0.05) is 12.2 Å². The number of para-hydroxylation sites is 2. The van der Waals surface area contributed by atoms with Gasteiger partial charge in [0.25, 0.3) is 0 Å². The summed E-state index contributed by atoms with van der Waals surface area (Å²) in [5.74, 6) is 0.801. The fraction of sp³-hybridized carbons (Fsp3) is 0.312. The molecule has 0 aliphatic carbocycles. The fourth-order valence-corrected chi connectivity index (χ4v) is 2.59. The molecule has 0 radical (unpaired) electrons. The first-order chi connectivity index (χ1) is 10.2. The zero-order valence-electron chi connectivity index (χ0n) is 12.2. The van der Waals surface area contributed by atoms with E-state index in [9.17, 15) is 0 Å². The van der Waals surface area contributed by atoms with Crippen LogP contribution in [0.1, 0.15) is 31.4 Å². The summed E-state index contributed by atoms with van der Waals surface area (Å²) in [6.07, 6.45) is 4.04. The summed E-state index contributed by atoms with van der Waals surface area (Å²) in [5.41, 5.74) is 3.10. The van der Waals surface area contributed by atoms with E-state index in [2.05, 4.69) is 39.0 Å². The molecule has 106 valence electrons. The zero-order chi connectivity index (χ0) is 14.8. The average Bonchev–Trinajstić information content (AvgIpc) is 3.06. The molecule has 3 aromatic rings. The molecule has 0 fully saturated rings. The van der Waals surface area contributed by atoms with Crippen LogP contribution < -0.4 is 0 Å². The summed E-state index contributed by atoms with van der Waals surface area (Å²) in [7, 11) is 0. The Kier molecular flexibility index (Phi) is 3.44.